The molecular weight excluding hydrogens is 191 g/mol. The molecule has 0 radical (unpaired) electrons. The van der Waals surface area contributed by atoms with Gasteiger partial charge >= 0.3 is 7.12 Å². The summed E-state index contributed by atoms with van der Waals surface area (Å²) in [6, 6.07) is 0. The first kappa shape index (κ1) is 10.7. The SMILES string of the molecule is CB1OC(C)(C)C(C)(c2cnn(C)c2)O1. The third kappa shape index (κ3) is 1.50. The maximum atomic E-state index is 5.89. The molecule has 0 bridgehead atoms. The van der Waals surface area contributed by atoms with Crippen molar-refractivity contribution in [3.63, 3.8) is 0 Å². The number of rotatable bonds is 1. The van der Waals surface area contributed by atoms with Crippen molar-refractivity contribution in [1.29, 1.82) is 0 Å². The highest BCUT2D eigenvalue weighted by Gasteiger charge is 2.53. The number of aryl methyl sites for hydroxylation is 1. The van der Waals surface area contributed by atoms with E-state index in [9.17, 15) is 0 Å². The largest absolute Gasteiger partial charge is 0.454 e. The molecule has 1 aliphatic heterocycles. The molecule has 82 valence electrons. The van der Waals surface area contributed by atoms with E-state index < -0.39 is 5.60 Å². The van der Waals surface area contributed by atoms with Gasteiger partial charge < -0.3 is 9.31 Å². The minimum Gasteiger partial charge on any atom is -0.403 e. The Hall–Kier alpha value is -0.805. The lowest BCUT2D eigenvalue weighted by Crippen LogP contribution is -2.41. The minimum absolute atomic E-state index is 0.176. The molecule has 1 saturated heterocycles. The molecule has 0 saturated carbocycles. The Morgan fingerprint density at radius 1 is 1.33 bits per heavy atom. The predicted molar refractivity (Wildman–Crippen MR) is 58.4 cm³/mol. The zero-order chi connectivity index (χ0) is 11.3. The van der Waals surface area contributed by atoms with Crippen molar-refractivity contribution >= 4 is 7.12 Å². The van der Waals surface area contributed by atoms with Crippen LogP contribution in [0.5, 0.6) is 0 Å². The second-order valence-corrected chi connectivity index (χ2v) is 4.75. The number of hydrogen-bond donors (Lipinski definition) is 0. The van der Waals surface area contributed by atoms with E-state index in [0.29, 0.717) is 0 Å². The van der Waals surface area contributed by atoms with Crippen LogP contribution in [0.15, 0.2) is 12.4 Å². The van der Waals surface area contributed by atoms with Crippen LogP contribution in [-0.4, -0.2) is 22.5 Å². The fourth-order valence-corrected chi connectivity index (χ4v) is 2.11. The molecular formula is C10H17BN2O2. The van der Waals surface area contributed by atoms with Crippen molar-refractivity contribution in [3.8, 4) is 0 Å². The Kier molecular flexibility index (Phi) is 2.21. The Morgan fingerprint density at radius 2 is 2.00 bits per heavy atom. The summed E-state index contributed by atoms with van der Waals surface area (Å²) in [6.07, 6.45) is 3.81. The third-order valence-corrected chi connectivity index (χ3v) is 3.27. The fraction of sp³-hybridized carbons (Fsp3) is 0.700. The van der Waals surface area contributed by atoms with Crippen molar-refractivity contribution in [2.45, 2.75) is 38.8 Å². The van der Waals surface area contributed by atoms with Crippen molar-refractivity contribution in [2.75, 3.05) is 0 Å². The van der Waals surface area contributed by atoms with E-state index in [1.807, 2.05) is 47.0 Å². The van der Waals surface area contributed by atoms with E-state index >= 15 is 0 Å². The van der Waals surface area contributed by atoms with Gasteiger partial charge in [-0.15, -0.1) is 0 Å². The molecule has 1 aromatic heterocycles. The summed E-state index contributed by atoms with van der Waals surface area (Å²) in [5, 5.41) is 4.18. The van der Waals surface area contributed by atoms with E-state index in [-0.39, 0.29) is 12.7 Å². The van der Waals surface area contributed by atoms with Gasteiger partial charge in [0.25, 0.3) is 0 Å². The van der Waals surface area contributed by atoms with Crippen LogP contribution in [0.2, 0.25) is 6.82 Å². The molecule has 0 spiro atoms. The van der Waals surface area contributed by atoms with Crippen LogP contribution < -0.4 is 0 Å². The summed E-state index contributed by atoms with van der Waals surface area (Å²) in [5.74, 6) is 0. The van der Waals surface area contributed by atoms with Gasteiger partial charge in [0.05, 0.1) is 11.8 Å². The van der Waals surface area contributed by atoms with Gasteiger partial charge in [0.15, 0.2) is 0 Å². The summed E-state index contributed by atoms with van der Waals surface area (Å²) < 4.78 is 13.4. The van der Waals surface area contributed by atoms with Gasteiger partial charge in [-0.05, 0) is 27.6 Å². The lowest BCUT2D eigenvalue weighted by molar-refractivity contribution is -0.0134. The first-order chi connectivity index (χ1) is 6.85. The second kappa shape index (κ2) is 3.09. The number of nitrogens with zero attached hydrogens (tertiary/aromatic N) is 2. The molecule has 2 rings (SSSR count). The maximum Gasteiger partial charge on any atom is 0.454 e. The quantitative estimate of drug-likeness (QED) is 0.657. The molecule has 1 aromatic rings. The normalized spacial score (nSPS) is 29.8. The highest BCUT2D eigenvalue weighted by molar-refractivity contribution is 6.43. The van der Waals surface area contributed by atoms with Crippen LogP contribution in [-0.2, 0) is 22.0 Å². The van der Waals surface area contributed by atoms with Gasteiger partial charge in [-0.1, -0.05) is 0 Å². The van der Waals surface area contributed by atoms with Crippen molar-refractivity contribution in [2.24, 2.45) is 7.05 Å². The number of hydrogen-bond acceptors (Lipinski definition) is 3. The fourth-order valence-electron chi connectivity index (χ4n) is 2.11. The van der Waals surface area contributed by atoms with Gasteiger partial charge in [0.2, 0.25) is 0 Å². The number of aromatic nitrogens is 2. The summed E-state index contributed by atoms with van der Waals surface area (Å²) in [7, 11) is 1.73. The van der Waals surface area contributed by atoms with Crippen LogP contribution >= 0.6 is 0 Å². The third-order valence-electron chi connectivity index (χ3n) is 3.27. The summed E-state index contributed by atoms with van der Waals surface area (Å²) in [4.78, 5) is 0. The Labute approximate surface area is 90.7 Å². The van der Waals surface area contributed by atoms with E-state index in [0.717, 1.165) is 5.56 Å². The Morgan fingerprint density at radius 3 is 2.40 bits per heavy atom. The molecule has 15 heavy (non-hydrogen) atoms. The first-order valence-corrected chi connectivity index (χ1v) is 5.20. The monoisotopic (exact) mass is 208 g/mol. The predicted octanol–water partition coefficient (Wildman–Crippen LogP) is 1.58. The van der Waals surface area contributed by atoms with Crippen LogP contribution in [0.25, 0.3) is 0 Å². The van der Waals surface area contributed by atoms with Crippen molar-refractivity contribution in [1.82, 2.24) is 9.78 Å². The summed E-state index contributed by atoms with van der Waals surface area (Å²) >= 11 is 0. The highest BCUT2D eigenvalue weighted by Crippen LogP contribution is 2.44. The molecule has 4 nitrogen and oxygen atoms in total. The molecule has 1 unspecified atom stereocenters. The van der Waals surface area contributed by atoms with E-state index in [1.165, 1.54) is 0 Å². The lowest BCUT2D eigenvalue weighted by atomic mass is 9.83. The standard InChI is InChI=1S/C10H17BN2O2/c1-9(2)10(3,15-11(4)14-9)8-6-12-13(5)7-8/h6-7H,1-5H3. The molecule has 0 aromatic carbocycles. The summed E-state index contributed by atoms with van der Waals surface area (Å²) in [5.41, 5.74) is 0.287. The van der Waals surface area contributed by atoms with Crippen LogP contribution in [0, 0.1) is 0 Å². The summed E-state index contributed by atoms with van der Waals surface area (Å²) in [6.45, 7) is 8.06. The molecule has 0 aliphatic carbocycles. The Balaban J connectivity index is 2.42. The van der Waals surface area contributed by atoms with Crippen molar-refractivity contribution in [3.05, 3.63) is 18.0 Å². The van der Waals surface area contributed by atoms with Gasteiger partial charge in [-0.3, -0.25) is 4.68 Å². The molecule has 1 aliphatic rings. The topological polar surface area (TPSA) is 36.3 Å². The first-order valence-electron chi connectivity index (χ1n) is 5.20. The van der Waals surface area contributed by atoms with Crippen LogP contribution in [0.1, 0.15) is 26.3 Å². The molecule has 1 atom stereocenters. The molecule has 0 N–H and O–H groups in total. The second-order valence-electron chi connectivity index (χ2n) is 4.75. The van der Waals surface area contributed by atoms with Crippen LogP contribution in [0.3, 0.4) is 0 Å². The molecule has 2 heterocycles. The molecule has 5 heteroatoms. The molecule has 1 fully saturated rings. The van der Waals surface area contributed by atoms with Crippen molar-refractivity contribution < 1.29 is 9.31 Å². The van der Waals surface area contributed by atoms with Crippen LogP contribution in [0.4, 0.5) is 0 Å². The zero-order valence-corrected chi connectivity index (χ0v) is 9.94. The minimum atomic E-state index is -0.430. The van der Waals surface area contributed by atoms with Gasteiger partial charge in [-0.25, -0.2) is 0 Å². The van der Waals surface area contributed by atoms with Gasteiger partial charge in [0.1, 0.15) is 5.60 Å². The van der Waals surface area contributed by atoms with Gasteiger partial charge in [0, 0.05) is 18.8 Å². The van der Waals surface area contributed by atoms with E-state index in [4.69, 9.17) is 9.31 Å². The zero-order valence-electron chi connectivity index (χ0n) is 9.94. The highest BCUT2D eigenvalue weighted by atomic mass is 16.7. The van der Waals surface area contributed by atoms with E-state index in [2.05, 4.69) is 5.10 Å². The maximum absolute atomic E-state index is 5.89. The average Bonchev–Trinajstić information content (AvgIpc) is 2.56. The molecule has 0 amide bonds. The lowest BCUT2D eigenvalue weighted by Gasteiger charge is -2.35. The average molecular weight is 208 g/mol. The smallest absolute Gasteiger partial charge is 0.403 e. The Bertz CT molecular complexity index is 377. The van der Waals surface area contributed by atoms with E-state index in [1.54, 1.807) is 4.68 Å². The van der Waals surface area contributed by atoms with Gasteiger partial charge in [-0.2, -0.15) is 5.10 Å².